The van der Waals surface area contributed by atoms with E-state index in [1.54, 1.807) is 13.8 Å². The maximum atomic E-state index is 12.7. The zero-order valence-electron chi connectivity index (χ0n) is 14.3. The van der Waals surface area contributed by atoms with Gasteiger partial charge in [-0.1, -0.05) is 67.2 Å². The molecule has 0 fully saturated rings. The zero-order chi connectivity index (χ0) is 17.5. The lowest BCUT2D eigenvalue weighted by Crippen LogP contribution is -2.46. The number of hydrogen-bond acceptors (Lipinski definition) is 2. The number of hydrogen-bond donors (Lipinski definition) is 1. The van der Waals surface area contributed by atoms with E-state index >= 15 is 0 Å². The Kier molecular flexibility index (Phi) is 3.81. The highest BCUT2D eigenvalue weighted by Crippen LogP contribution is 2.59. The minimum Gasteiger partial charge on any atom is -0.384 e. The Labute approximate surface area is 143 Å². The third-order valence-electron chi connectivity index (χ3n) is 5.44. The van der Waals surface area contributed by atoms with Crippen molar-refractivity contribution in [3.63, 3.8) is 0 Å². The molecule has 0 aromatic heterocycles. The summed E-state index contributed by atoms with van der Waals surface area (Å²) in [6.07, 6.45) is 0. The van der Waals surface area contributed by atoms with E-state index in [2.05, 4.69) is 6.58 Å². The zero-order valence-corrected chi connectivity index (χ0v) is 14.3. The van der Waals surface area contributed by atoms with E-state index in [9.17, 15) is 9.90 Å². The second-order valence-corrected chi connectivity index (χ2v) is 6.71. The summed E-state index contributed by atoms with van der Waals surface area (Å²) in [5.41, 5.74) is 1.82. The van der Waals surface area contributed by atoms with Crippen LogP contribution in [-0.2, 0) is 4.79 Å². The van der Waals surface area contributed by atoms with Crippen molar-refractivity contribution >= 4 is 16.9 Å². The molecule has 1 N–H and O–H groups in total. The van der Waals surface area contributed by atoms with E-state index in [1.807, 2.05) is 67.6 Å². The topological polar surface area (TPSA) is 37.3 Å². The second-order valence-electron chi connectivity index (χ2n) is 6.71. The molecule has 2 heteroatoms. The molecule has 2 aromatic carbocycles. The molecule has 122 valence electrons. The summed E-state index contributed by atoms with van der Waals surface area (Å²) < 4.78 is 0. The Morgan fingerprint density at radius 2 is 1.38 bits per heavy atom. The molecule has 0 amide bonds. The lowest BCUT2D eigenvalue weighted by molar-refractivity contribution is -0.130. The van der Waals surface area contributed by atoms with Gasteiger partial charge in [0.15, 0.2) is 0 Å². The van der Waals surface area contributed by atoms with Gasteiger partial charge in [-0.3, -0.25) is 4.79 Å². The highest BCUT2D eigenvalue weighted by molar-refractivity contribution is 6.14. The number of rotatable bonds is 3. The number of benzene rings is 2. The quantitative estimate of drug-likeness (QED) is 0.904. The standard InChI is InChI=1S/C22H22O2/c1-15-19(17-11-7-5-8-12-17)20(18-13-9-6-10-14-18)21(3,16(2)23)22(15,4)24/h5-14,24H,1H2,2-4H3. The van der Waals surface area contributed by atoms with Crippen LogP contribution in [0.2, 0.25) is 0 Å². The molecule has 1 aliphatic carbocycles. The average molecular weight is 318 g/mol. The van der Waals surface area contributed by atoms with Crippen LogP contribution in [0.4, 0.5) is 0 Å². The van der Waals surface area contributed by atoms with Gasteiger partial charge in [-0.15, -0.1) is 0 Å². The lowest BCUT2D eigenvalue weighted by atomic mass is 9.68. The van der Waals surface area contributed by atoms with E-state index < -0.39 is 11.0 Å². The third-order valence-corrected chi connectivity index (χ3v) is 5.44. The molecular formula is C22H22O2. The van der Waals surface area contributed by atoms with Crippen LogP contribution < -0.4 is 0 Å². The Morgan fingerprint density at radius 3 is 1.83 bits per heavy atom. The molecule has 1 aliphatic rings. The van der Waals surface area contributed by atoms with E-state index in [0.29, 0.717) is 5.57 Å². The molecule has 2 unspecified atom stereocenters. The number of aliphatic hydroxyl groups is 1. The van der Waals surface area contributed by atoms with Crippen LogP contribution in [0.3, 0.4) is 0 Å². The van der Waals surface area contributed by atoms with Crippen molar-refractivity contribution < 1.29 is 9.90 Å². The predicted octanol–water partition coefficient (Wildman–Crippen LogP) is 4.51. The first-order valence-corrected chi connectivity index (χ1v) is 8.10. The van der Waals surface area contributed by atoms with Gasteiger partial charge in [-0.05, 0) is 48.6 Å². The van der Waals surface area contributed by atoms with Crippen molar-refractivity contribution in [3.8, 4) is 0 Å². The van der Waals surface area contributed by atoms with Crippen LogP contribution in [0.15, 0.2) is 72.8 Å². The van der Waals surface area contributed by atoms with E-state index in [-0.39, 0.29) is 5.78 Å². The first kappa shape index (κ1) is 16.4. The van der Waals surface area contributed by atoms with Gasteiger partial charge in [0.25, 0.3) is 0 Å². The summed E-state index contributed by atoms with van der Waals surface area (Å²) in [7, 11) is 0. The molecule has 2 atom stereocenters. The van der Waals surface area contributed by atoms with Crippen molar-refractivity contribution in [1.29, 1.82) is 0 Å². The molecule has 24 heavy (non-hydrogen) atoms. The molecule has 0 bridgehead atoms. The van der Waals surface area contributed by atoms with Gasteiger partial charge in [0.2, 0.25) is 0 Å². The summed E-state index contributed by atoms with van der Waals surface area (Å²) in [5, 5.41) is 11.3. The summed E-state index contributed by atoms with van der Waals surface area (Å²) in [4.78, 5) is 12.7. The van der Waals surface area contributed by atoms with Gasteiger partial charge in [-0.25, -0.2) is 0 Å². The fraction of sp³-hybridized carbons (Fsp3) is 0.227. The monoisotopic (exact) mass is 318 g/mol. The molecule has 0 heterocycles. The first-order chi connectivity index (χ1) is 11.3. The molecule has 0 aliphatic heterocycles. The molecule has 2 nitrogen and oxygen atoms in total. The minimum absolute atomic E-state index is 0.0709. The van der Waals surface area contributed by atoms with Crippen LogP contribution in [0.1, 0.15) is 31.9 Å². The van der Waals surface area contributed by atoms with Crippen molar-refractivity contribution in [2.75, 3.05) is 0 Å². The van der Waals surface area contributed by atoms with E-state index in [1.165, 1.54) is 0 Å². The normalized spacial score (nSPS) is 26.8. The van der Waals surface area contributed by atoms with Crippen LogP contribution in [0.5, 0.6) is 0 Å². The highest BCUT2D eigenvalue weighted by atomic mass is 16.3. The van der Waals surface area contributed by atoms with Crippen LogP contribution in [-0.4, -0.2) is 16.5 Å². The fourth-order valence-electron chi connectivity index (χ4n) is 3.67. The summed E-state index contributed by atoms with van der Waals surface area (Å²) >= 11 is 0. The summed E-state index contributed by atoms with van der Waals surface area (Å²) in [6, 6.07) is 19.6. The Morgan fingerprint density at radius 1 is 0.917 bits per heavy atom. The number of ketones is 1. The maximum Gasteiger partial charge on any atom is 0.143 e. The summed E-state index contributed by atoms with van der Waals surface area (Å²) in [6.45, 7) is 9.21. The largest absolute Gasteiger partial charge is 0.384 e. The Hall–Kier alpha value is -2.45. The third kappa shape index (κ3) is 2.10. The van der Waals surface area contributed by atoms with Gasteiger partial charge in [0.05, 0.1) is 5.41 Å². The SMILES string of the molecule is C=C1C(c2ccccc2)=C(c2ccccc2)C(C)(C(C)=O)C1(C)O. The highest BCUT2D eigenvalue weighted by Gasteiger charge is 2.58. The predicted molar refractivity (Wildman–Crippen MR) is 98.2 cm³/mol. The van der Waals surface area contributed by atoms with Gasteiger partial charge < -0.3 is 5.11 Å². The summed E-state index contributed by atoms with van der Waals surface area (Å²) in [5.74, 6) is -0.0709. The van der Waals surface area contributed by atoms with Gasteiger partial charge in [0, 0.05) is 0 Å². The van der Waals surface area contributed by atoms with Crippen molar-refractivity contribution in [2.24, 2.45) is 5.41 Å². The Bertz CT molecular complexity index is 829. The van der Waals surface area contributed by atoms with Crippen LogP contribution >= 0.6 is 0 Å². The second kappa shape index (κ2) is 5.57. The van der Waals surface area contributed by atoms with Gasteiger partial charge in [0.1, 0.15) is 11.4 Å². The van der Waals surface area contributed by atoms with Crippen molar-refractivity contribution in [2.45, 2.75) is 26.4 Å². The maximum absolute atomic E-state index is 12.7. The van der Waals surface area contributed by atoms with Crippen molar-refractivity contribution in [1.82, 2.24) is 0 Å². The van der Waals surface area contributed by atoms with Crippen LogP contribution in [0, 0.1) is 5.41 Å². The van der Waals surface area contributed by atoms with Gasteiger partial charge >= 0.3 is 0 Å². The van der Waals surface area contributed by atoms with Crippen molar-refractivity contribution in [3.05, 3.63) is 83.9 Å². The Balaban J connectivity index is 2.42. The van der Waals surface area contributed by atoms with E-state index in [4.69, 9.17) is 0 Å². The minimum atomic E-state index is -1.34. The number of carbonyl (C=O) groups excluding carboxylic acids is 1. The van der Waals surface area contributed by atoms with E-state index in [0.717, 1.165) is 22.3 Å². The molecule has 2 aromatic rings. The average Bonchev–Trinajstić information content (AvgIpc) is 2.75. The molecule has 3 rings (SSSR count). The molecule has 0 saturated carbocycles. The molecule has 0 saturated heterocycles. The number of Topliss-reactive ketones (excluding diaryl/α,β-unsaturated/α-hetero) is 1. The lowest BCUT2D eigenvalue weighted by Gasteiger charge is -2.37. The fourth-order valence-corrected chi connectivity index (χ4v) is 3.67. The molecule has 0 radical (unpaired) electrons. The van der Waals surface area contributed by atoms with Crippen LogP contribution in [0.25, 0.3) is 11.1 Å². The first-order valence-electron chi connectivity index (χ1n) is 8.10. The number of carbonyl (C=O) groups is 1. The molecular weight excluding hydrogens is 296 g/mol. The van der Waals surface area contributed by atoms with Gasteiger partial charge in [-0.2, -0.15) is 0 Å². The molecule has 0 spiro atoms. The smallest absolute Gasteiger partial charge is 0.143 e.